The molecule has 0 atom stereocenters. The highest BCUT2D eigenvalue weighted by molar-refractivity contribution is 6.21. The molecule has 0 aliphatic carbocycles. The minimum absolute atomic E-state index is 0.0854. The second-order valence-electron chi connectivity index (χ2n) is 2.77. The molecule has 1 aromatic rings. The van der Waals surface area contributed by atoms with Crippen LogP contribution in [0, 0.1) is 10.1 Å². The number of halogens is 2. The molecule has 0 amide bonds. The lowest BCUT2D eigenvalue weighted by Crippen LogP contribution is -2.20. The number of hydrogen-bond acceptors (Lipinski definition) is 3. The van der Waals surface area contributed by atoms with E-state index in [1.165, 1.54) is 12.1 Å². The van der Waals surface area contributed by atoms with Crippen LogP contribution in [-0.4, -0.2) is 22.8 Å². The third kappa shape index (κ3) is 3.25. The minimum atomic E-state index is -0.505. The Balaban J connectivity index is 2.88. The van der Waals surface area contributed by atoms with E-state index in [-0.39, 0.29) is 23.2 Å². The molecular weight excluding hydrogens is 241 g/mol. The highest BCUT2D eigenvalue weighted by atomic mass is 35.5. The summed E-state index contributed by atoms with van der Waals surface area (Å²) < 4.78 is 5.30. The highest BCUT2D eigenvalue weighted by Crippen LogP contribution is 2.27. The fourth-order valence-corrected chi connectivity index (χ4v) is 1.45. The normalized spacial score (nSPS) is 10.3. The average Bonchev–Trinajstić information content (AvgIpc) is 2.26. The lowest BCUT2D eigenvalue weighted by Gasteiger charge is -2.13. The predicted molar refractivity (Wildman–Crippen MR) is 59.0 cm³/mol. The Morgan fingerprint density at radius 2 is 1.93 bits per heavy atom. The second-order valence-corrected chi connectivity index (χ2v) is 3.39. The third-order valence-corrected chi connectivity index (χ3v) is 2.39. The average molecular weight is 250 g/mol. The predicted octanol–water partition coefficient (Wildman–Crippen LogP) is 2.82. The van der Waals surface area contributed by atoms with Crippen LogP contribution >= 0.6 is 23.2 Å². The number of nitro groups is 1. The molecule has 0 heterocycles. The van der Waals surface area contributed by atoms with Crippen molar-refractivity contribution >= 4 is 28.9 Å². The van der Waals surface area contributed by atoms with Crippen molar-refractivity contribution in [2.75, 3.05) is 11.8 Å². The molecule has 0 aliphatic heterocycles. The monoisotopic (exact) mass is 249 g/mol. The van der Waals surface area contributed by atoms with E-state index < -0.39 is 11.0 Å². The standard InChI is InChI=1S/C9H9Cl2NO3/c10-5-7(6-11)15-9-4-2-1-3-8(9)12(13)14/h1-4,7H,5-6H2. The molecule has 1 rings (SSSR count). The zero-order valence-electron chi connectivity index (χ0n) is 7.73. The zero-order chi connectivity index (χ0) is 11.3. The highest BCUT2D eigenvalue weighted by Gasteiger charge is 2.17. The third-order valence-electron chi connectivity index (χ3n) is 1.70. The molecule has 4 nitrogen and oxygen atoms in total. The first kappa shape index (κ1) is 12.1. The molecule has 0 N–H and O–H groups in total. The lowest BCUT2D eigenvalue weighted by atomic mass is 10.3. The van der Waals surface area contributed by atoms with Crippen LogP contribution in [0.15, 0.2) is 24.3 Å². The van der Waals surface area contributed by atoms with Gasteiger partial charge in [-0.25, -0.2) is 0 Å². The van der Waals surface area contributed by atoms with Gasteiger partial charge in [-0.15, -0.1) is 23.2 Å². The Kier molecular flexibility index (Phi) is 4.65. The Morgan fingerprint density at radius 1 is 1.33 bits per heavy atom. The zero-order valence-corrected chi connectivity index (χ0v) is 9.24. The van der Waals surface area contributed by atoms with E-state index in [4.69, 9.17) is 27.9 Å². The summed E-state index contributed by atoms with van der Waals surface area (Å²) in [4.78, 5) is 10.1. The number of ether oxygens (including phenoxy) is 1. The number of alkyl halides is 2. The van der Waals surface area contributed by atoms with Crippen LogP contribution in [-0.2, 0) is 0 Å². The van der Waals surface area contributed by atoms with Gasteiger partial charge in [0.05, 0.1) is 16.7 Å². The number of hydrogen-bond donors (Lipinski definition) is 0. The van der Waals surface area contributed by atoms with Crippen LogP contribution in [0.4, 0.5) is 5.69 Å². The molecule has 1 aromatic carbocycles. The smallest absolute Gasteiger partial charge is 0.310 e. The van der Waals surface area contributed by atoms with Gasteiger partial charge in [-0.05, 0) is 6.07 Å². The van der Waals surface area contributed by atoms with E-state index in [1.54, 1.807) is 12.1 Å². The number of nitrogens with zero attached hydrogens (tertiary/aromatic N) is 1. The maximum Gasteiger partial charge on any atom is 0.310 e. The van der Waals surface area contributed by atoms with Crippen molar-refractivity contribution < 1.29 is 9.66 Å². The molecule has 0 aromatic heterocycles. The first-order valence-corrected chi connectivity index (χ1v) is 5.28. The van der Waals surface area contributed by atoms with Gasteiger partial charge in [0.25, 0.3) is 0 Å². The van der Waals surface area contributed by atoms with Gasteiger partial charge < -0.3 is 4.74 Å². The fourth-order valence-electron chi connectivity index (χ4n) is 0.991. The van der Waals surface area contributed by atoms with Crippen molar-refractivity contribution in [1.29, 1.82) is 0 Å². The molecule has 15 heavy (non-hydrogen) atoms. The molecule has 0 radical (unpaired) electrons. The minimum Gasteiger partial charge on any atom is -0.481 e. The van der Waals surface area contributed by atoms with Gasteiger partial charge in [-0.2, -0.15) is 0 Å². The number of para-hydroxylation sites is 2. The molecule has 0 unspecified atom stereocenters. The molecule has 0 bridgehead atoms. The summed E-state index contributed by atoms with van der Waals surface area (Å²) in [6, 6.07) is 6.11. The van der Waals surface area contributed by atoms with Crippen LogP contribution in [0.25, 0.3) is 0 Å². The summed E-state index contributed by atoms with van der Waals surface area (Å²) in [5, 5.41) is 10.6. The summed E-state index contributed by atoms with van der Waals surface area (Å²) in [5.41, 5.74) is -0.0854. The van der Waals surface area contributed by atoms with E-state index in [0.29, 0.717) is 0 Å². The fraction of sp³-hybridized carbons (Fsp3) is 0.333. The summed E-state index contributed by atoms with van der Waals surface area (Å²) >= 11 is 11.1. The van der Waals surface area contributed by atoms with Gasteiger partial charge in [-0.1, -0.05) is 12.1 Å². The Bertz CT molecular complexity index is 342. The second kappa shape index (κ2) is 5.78. The summed E-state index contributed by atoms with van der Waals surface area (Å²) in [6.07, 6.45) is -0.422. The van der Waals surface area contributed by atoms with Crippen LogP contribution in [0.3, 0.4) is 0 Å². The van der Waals surface area contributed by atoms with Gasteiger partial charge >= 0.3 is 5.69 Å². The molecule has 0 saturated heterocycles. The molecule has 0 spiro atoms. The largest absolute Gasteiger partial charge is 0.481 e. The van der Waals surface area contributed by atoms with E-state index >= 15 is 0 Å². The maximum absolute atomic E-state index is 10.6. The van der Waals surface area contributed by atoms with Crippen LogP contribution in [0.5, 0.6) is 5.75 Å². The van der Waals surface area contributed by atoms with Crippen molar-refractivity contribution in [2.24, 2.45) is 0 Å². The Labute approximate surface area is 96.9 Å². The van der Waals surface area contributed by atoms with Crippen LogP contribution in [0.2, 0.25) is 0 Å². The van der Waals surface area contributed by atoms with Crippen molar-refractivity contribution in [1.82, 2.24) is 0 Å². The summed E-state index contributed by atoms with van der Waals surface area (Å²) in [5.74, 6) is 0.569. The topological polar surface area (TPSA) is 52.4 Å². The van der Waals surface area contributed by atoms with E-state index in [1.807, 2.05) is 0 Å². The van der Waals surface area contributed by atoms with E-state index in [0.717, 1.165) is 0 Å². The van der Waals surface area contributed by atoms with Crippen LogP contribution in [0.1, 0.15) is 0 Å². The molecule has 6 heteroatoms. The SMILES string of the molecule is O=[N+]([O-])c1ccccc1OC(CCl)CCl. The van der Waals surface area contributed by atoms with Crippen molar-refractivity contribution in [2.45, 2.75) is 6.10 Å². The van der Waals surface area contributed by atoms with Crippen LogP contribution < -0.4 is 4.74 Å². The first-order valence-electron chi connectivity index (χ1n) is 4.21. The number of benzene rings is 1. The van der Waals surface area contributed by atoms with Crippen molar-refractivity contribution in [3.05, 3.63) is 34.4 Å². The lowest BCUT2D eigenvalue weighted by molar-refractivity contribution is -0.386. The summed E-state index contributed by atoms with van der Waals surface area (Å²) in [7, 11) is 0. The van der Waals surface area contributed by atoms with E-state index in [2.05, 4.69) is 0 Å². The first-order chi connectivity index (χ1) is 7.19. The molecule has 0 saturated carbocycles. The number of rotatable bonds is 5. The maximum atomic E-state index is 10.6. The molecule has 82 valence electrons. The van der Waals surface area contributed by atoms with Gasteiger partial charge in [-0.3, -0.25) is 10.1 Å². The van der Waals surface area contributed by atoms with Crippen molar-refractivity contribution in [3.63, 3.8) is 0 Å². The van der Waals surface area contributed by atoms with Crippen molar-refractivity contribution in [3.8, 4) is 5.75 Å². The van der Waals surface area contributed by atoms with E-state index in [9.17, 15) is 10.1 Å². The Morgan fingerprint density at radius 3 is 2.47 bits per heavy atom. The molecule has 0 fully saturated rings. The van der Waals surface area contributed by atoms with Gasteiger partial charge in [0.15, 0.2) is 5.75 Å². The summed E-state index contributed by atoms with van der Waals surface area (Å²) in [6.45, 7) is 0. The van der Waals surface area contributed by atoms with Gasteiger partial charge in [0.2, 0.25) is 0 Å². The molecular formula is C9H9Cl2NO3. The molecule has 0 aliphatic rings. The van der Waals surface area contributed by atoms with Gasteiger partial charge in [0, 0.05) is 6.07 Å². The Hall–Kier alpha value is -1.000. The number of nitro benzene ring substituents is 1. The van der Waals surface area contributed by atoms with Gasteiger partial charge in [0.1, 0.15) is 6.10 Å². The quantitative estimate of drug-likeness (QED) is 0.458.